The lowest BCUT2D eigenvalue weighted by Crippen LogP contribution is -2.43. The molecule has 3 heterocycles. The fourth-order valence-corrected chi connectivity index (χ4v) is 2.25. The predicted octanol–water partition coefficient (Wildman–Crippen LogP) is 0.722. The van der Waals surface area contributed by atoms with Crippen LogP contribution in [0.5, 0.6) is 0 Å². The molecule has 3 rings (SSSR count). The highest BCUT2D eigenvalue weighted by molar-refractivity contribution is 5.93. The van der Waals surface area contributed by atoms with E-state index in [0.29, 0.717) is 25.3 Å². The molecule has 1 saturated heterocycles. The van der Waals surface area contributed by atoms with Crippen molar-refractivity contribution < 1.29 is 9.53 Å². The third-order valence-electron chi connectivity index (χ3n) is 3.24. The number of carbonyl (C=O) groups excluding carboxylic acids is 1. The van der Waals surface area contributed by atoms with Gasteiger partial charge in [-0.25, -0.2) is 15.0 Å². The van der Waals surface area contributed by atoms with Gasteiger partial charge in [-0.05, 0) is 6.92 Å². The van der Waals surface area contributed by atoms with Crippen LogP contribution in [0.4, 0.5) is 0 Å². The monoisotopic (exact) mass is 273 g/mol. The van der Waals surface area contributed by atoms with E-state index >= 15 is 0 Å². The van der Waals surface area contributed by atoms with Crippen molar-refractivity contribution in [2.24, 2.45) is 0 Å². The third kappa shape index (κ3) is 2.39. The predicted molar refractivity (Wildman–Crippen MR) is 70.0 cm³/mol. The molecule has 7 nitrogen and oxygen atoms in total. The van der Waals surface area contributed by atoms with Crippen LogP contribution in [0, 0.1) is 6.92 Å². The molecule has 0 aliphatic carbocycles. The van der Waals surface area contributed by atoms with Gasteiger partial charge in [-0.2, -0.15) is 0 Å². The normalized spacial score (nSPS) is 19.1. The van der Waals surface area contributed by atoms with Crippen LogP contribution in [0.3, 0.4) is 0 Å². The zero-order valence-electron chi connectivity index (χ0n) is 11.1. The van der Waals surface area contributed by atoms with E-state index in [2.05, 4.69) is 19.9 Å². The summed E-state index contributed by atoms with van der Waals surface area (Å²) in [7, 11) is 0. The molecule has 1 aliphatic heterocycles. The zero-order valence-corrected chi connectivity index (χ0v) is 11.1. The molecule has 20 heavy (non-hydrogen) atoms. The van der Waals surface area contributed by atoms with Crippen molar-refractivity contribution in [2.45, 2.75) is 13.0 Å². The van der Waals surface area contributed by atoms with E-state index in [4.69, 9.17) is 4.74 Å². The van der Waals surface area contributed by atoms with E-state index in [9.17, 15) is 4.79 Å². The lowest BCUT2D eigenvalue weighted by atomic mass is 10.1. The highest BCUT2D eigenvalue weighted by Gasteiger charge is 2.31. The smallest absolute Gasteiger partial charge is 0.257 e. The molecule has 1 atom stereocenters. The summed E-state index contributed by atoms with van der Waals surface area (Å²) < 4.78 is 5.48. The molecular weight excluding hydrogens is 258 g/mol. The summed E-state index contributed by atoms with van der Waals surface area (Å²) in [6.45, 7) is 3.41. The number of imidazole rings is 1. The van der Waals surface area contributed by atoms with E-state index in [-0.39, 0.29) is 11.9 Å². The van der Waals surface area contributed by atoms with Crippen LogP contribution in [-0.2, 0) is 4.74 Å². The van der Waals surface area contributed by atoms with Crippen LogP contribution < -0.4 is 0 Å². The second-order valence-electron chi connectivity index (χ2n) is 4.67. The van der Waals surface area contributed by atoms with Crippen molar-refractivity contribution in [3.63, 3.8) is 0 Å². The molecule has 0 bridgehead atoms. The maximum Gasteiger partial charge on any atom is 0.257 e. The number of amides is 1. The minimum absolute atomic E-state index is 0.104. The minimum Gasteiger partial charge on any atom is -0.377 e. The molecule has 0 radical (unpaired) electrons. The van der Waals surface area contributed by atoms with Crippen molar-refractivity contribution in [1.82, 2.24) is 24.8 Å². The van der Waals surface area contributed by atoms with Crippen molar-refractivity contribution in [2.75, 3.05) is 19.8 Å². The number of aromatic nitrogens is 4. The number of H-pyrrole nitrogens is 1. The number of nitrogens with one attached hydrogen (secondary N) is 1. The van der Waals surface area contributed by atoms with Crippen molar-refractivity contribution in [3.8, 4) is 0 Å². The second kappa shape index (κ2) is 5.38. The average molecular weight is 273 g/mol. The lowest BCUT2D eigenvalue weighted by molar-refractivity contribution is -0.00505. The van der Waals surface area contributed by atoms with Gasteiger partial charge in [0, 0.05) is 30.8 Å². The third-order valence-corrected chi connectivity index (χ3v) is 3.24. The zero-order chi connectivity index (χ0) is 13.9. The van der Waals surface area contributed by atoms with Gasteiger partial charge in [-0.1, -0.05) is 0 Å². The van der Waals surface area contributed by atoms with E-state index < -0.39 is 0 Å². The standard InChI is InChI=1S/C13H15N5O2/c1-9-4-16-12(17-9)11-7-20-3-2-18(11)13(19)10-5-14-8-15-6-10/h4-6,8,11H,2-3,7H2,1H3,(H,16,17)/t11-/m0/s1. The Kier molecular flexibility index (Phi) is 3.42. The van der Waals surface area contributed by atoms with Crippen molar-refractivity contribution in [1.29, 1.82) is 0 Å². The average Bonchev–Trinajstić information content (AvgIpc) is 2.94. The van der Waals surface area contributed by atoms with E-state index in [0.717, 1.165) is 11.5 Å². The van der Waals surface area contributed by atoms with Gasteiger partial charge in [0.2, 0.25) is 0 Å². The molecule has 1 aliphatic rings. The number of aromatic amines is 1. The number of aryl methyl sites for hydroxylation is 1. The molecule has 1 fully saturated rings. The Bertz CT molecular complexity index is 598. The molecule has 0 spiro atoms. The topological polar surface area (TPSA) is 84.0 Å². The van der Waals surface area contributed by atoms with Crippen LogP contribution in [0.2, 0.25) is 0 Å². The van der Waals surface area contributed by atoms with Crippen LogP contribution in [0.1, 0.15) is 27.9 Å². The summed E-state index contributed by atoms with van der Waals surface area (Å²) in [5, 5.41) is 0. The van der Waals surface area contributed by atoms with Gasteiger partial charge in [0.05, 0.1) is 18.8 Å². The summed E-state index contributed by atoms with van der Waals surface area (Å²) in [5.74, 6) is 0.639. The molecule has 0 saturated carbocycles. The molecule has 0 aromatic carbocycles. The SMILES string of the molecule is Cc1cnc([C@@H]2COCCN2C(=O)c2cncnc2)[nH]1. The number of ether oxygens (including phenoxy) is 1. The molecule has 7 heteroatoms. The van der Waals surface area contributed by atoms with Gasteiger partial charge in [0.25, 0.3) is 5.91 Å². The first kappa shape index (κ1) is 12.7. The largest absolute Gasteiger partial charge is 0.377 e. The molecule has 104 valence electrons. The van der Waals surface area contributed by atoms with Crippen LogP contribution in [-0.4, -0.2) is 50.5 Å². The Hall–Kier alpha value is -2.28. The van der Waals surface area contributed by atoms with Gasteiger partial charge in [-0.15, -0.1) is 0 Å². The molecule has 0 unspecified atom stereocenters. The number of rotatable bonds is 2. The number of hydrogen-bond acceptors (Lipinski definition) is 5. The summed E-state index contributed by atoms with van der Waals surface area (Å²) >= 11 is 0. The molecule has 1 amide bonds. The Morgan fingerprint density at radius 3 is 2.90 bits per heavy atom. The summed E-state index contributed by atoms with van der Waals surface area (Å²) in [6, 6.07) is -0.204. The minimum atomic E-state index is -0.204. The fraction of sp³-hybridized carbons (Fsp3) is 0.385. The summed E-state index contributed by atoms with van der Waals surface area (Å²) in [6.07, 6.45) is 6.20. The van der Waals surface area contributed by atoms with Gasteiger partial charge in [-0.3, -0.25) is 4.79 Å². The Labute approximate surface area is 116 Å². The van der Waals surface area contributed by atoms with E-state index in [1.165, 1.54) is 18.7 Å². The van der Waals surface area contributed by atoms with Gasteiger partial charge in [0.1, 0.15) is 18.2 Å². The molecule has 1 N–H and O–H groups in total. The van der Waals surface area contributed by atoms with Crippen molar-refractivity contribution in [3.05, 3.63) is 42.0 Å². The number of carbonyl (C=O) groups is 1. The van der Waals surface area contributed by atoms with Gasteiger partial charge in [0.15, 0.2) is 0 Å². The molecule has 2 aromatic heterocycles. The van der Waals surface area contributed by atoms with Crippen molar-refractivity contribution >= 4 is 5.91 Å². The maximum absolute atomic E-state index is 12.5. The quantitative estimate of drug-likeness (QED) is 0.871. The first-order chi connectivity index (χ1) is 9.75. The first-order valence-electron chi connectivity index (χ1n) is 6.41. The summed E-state index contributed by atoms with van der Waals surface area (Å²) in [4.78, 5) is 29.5. The number of hydrogen-bond donors (Lipinski definition) is 1. The van der Waals surface area contributed by atoms with Gasteiger partial charge >= 0.3 is 0 Å². The molecular formula is C13H15N5O2. The van der Waals surface area contributed by atoms with E-state index in [1.807, 2.05) is 6.92 Å². The maximum atomic E-state index is 12.5. The first-order valence-corrected chi connectivity index (χ1v) is 6.41. The summed E-state index contributed by atoms with van der Waals surface area (Å²) in [5.41, 5.74) is 1.43. The number of morpholine rings is 1. The molecule has 2 aromatic rings. The van der Waals surface area contributed by atoms with E-state index in [1.54, 1.807) is 11.1 Å². The van der Waals surface area contributed by atoms with Crippen LogP contribution in [0.25, 0.3) is 0 Å². The Morgan fingerprint density at radius 2 is 2.20 bits per heavy atom. The van der Waals surface area contributed by atoms with Crippen LogP contribution in [0.15, 0.2) is 24.9 Å². The lowest BCUT2D eigenvalue weighted by Gasteiger charge is -2.34. The number of nitrogens with zero attached hydrogens (tertiary/aromatic N) is 4. The van der Waals surface area contributed by atoms with Crippen LogP contribution >= 0.6 is 0 Å². The van der Waals surface area contributed by atoms with Gasteiger partial charge < -0.3 is 14.6 Å². The Balaban J connectivity index is 1.87. The fourth-order valence-electron chi connectivity index (χ4n) is 2.25. The highest BCUT2D eigenvalue weighted by Crippen LogP contribution is 2.23. The highest BCUT2D eigenvalue weighted by atomic mass is 16.5. The second-order valence-corrected chi connectivity index (χ2v) is 4.67. The Morgan fingerprint density at radius 1 is 1.40 bits per heavy atom.